The highest BCUT2D eigenvalue weighted by atomic mass is 16.4. The van der Waals surface area contributed by atoms with Crippen LogP contribution in [0.1, 0.15) is 15.9 Å². The number of hydrogen-bond donors (Lipinski definition) is 2. The molecule has 20 heavy (non-hydrogen) atoms. The van der Waals surface area contributed by atoms with Crippen LogP contribution in [0, 0.1) is 0 Å². The monoisotopic (exact) mass is 273 g/mol. The average molecular weight is 273 g/mol. The van der Waals surface area contributed by atoms with Crippen LogP contribution in [0.15, 0.2) is 41.3 Å². The molecule has 1 aromatic carbocycles. The molecule has 0 amide bonds. The molecule has 3 N–H and O–H groups in total. The molecule has 7 nitrogen and oxygen atoms in total. The van der Waals surface area contributed by atoms with Gasteiger partial charge in [0.1, 0.15) is 12.4 Å². The van der Waals surface area contributed by atoms with E-state index in [1.807, 2.05) is 0 Å². The molecule has 0 fully saturated rings. The molecule has 2 aromatic rings. The first-order chi connectivity index (χ1) is 9.49. The zero-order valence-electron chi connectivity index (χ0n) is 10.3. The Labute approximate surface area is 113 Å². The minimum absolute atomic E-state index is 0.00273. The zero-order chi connectivity index (χ0) is 14.7. The van der Waals surface area contributed by atoms with Gasteiger partial charge in [-0.1, -0.05) is 30.3 Å². The van der Waals surface area contributed by atoms with E-state index in [1.54, 1.807) is 30.3 Å². The largest absolute Gasteiger partial charge is 0.480 e. The number of nitrogens with two attached hydrogens (primary N) is 1. The first-order valence-electron chi connectivity index (χ1n) is 5.67. The normalized spacial score (nSPS) is 10.2. The van der Waals surface area contributed by atoms with Crippen LogP contribution in [-0.4, -0.2) is 26.4 Å². The summed E-state index contributed by atoms with van der Waals surface area (Å²) in [5, 5.41) is 8.70. The van der Waals surface area contributed by atoms with Crippen LogP contribution in [0.2, 0.25) is 0 Å². The predicted molar refractivity (Wildman–Crippen MR) is 70.4 cm³/mol. The Balaban J connectivity index is 2.49. The number of anilines is 1. The summed E-state index contributed by atoms with van der Waals surface area (Å²) in [7, 11) is 0. The number of carbonyl (C=O) groups excluding carboxylic acids is 1. The summed E-state index contributed by atoms with van der Waals surface area (Å²) in [4.78, 5) is 37.8. The zero-order valence-corrected chi connectivity index (χ0v) is 10.3. The van der Waals surface area contributed by atoms with E-state index in [4.69, 9.17) is 10.8 Å². The van der Waals surface area contributed by atoms with E-state index in [0.717, 1.165) is 10.8 Å². The van der Waals surface area contributed by atoms with Crippen molar-refractivity contribution in [3.63, 3.8) is 0 Å². The van der Waals surface area contributed by atoms with Crippen molar-refractivity contribution in [1.82, 2.24) is 9.55 Å². The fourth-order valence-electron chi connectivity index (χ4n) is 1.68. The summed E-state index contributed by atoms with van der Waals surface area (Å²) in [6, 6.07) is 8.31. The number of hydrogen-bond acceptors (Lipinski definition) is 5. The number of aliphatic carboxylic acids is 1. The summed E-state index contributed by atoms with van der Waals surface area (Å²) >= 11 is 0. The number of rotatable bonds is 4. The van der Waals surface area contributed by atoms with Crippen molar-refractivity contribution >= 4 is 17.6 Å². The molecule has 0 atom stereocenters. The first-order valence-corrected chi connectivity index (χ1v) is 5.67. The lowest BCUT2D eigenvalue weighted by atomic mass is 10.1. The van der Waals surface area contributed by atoms with Crippen molar-refractivity contribution in [1.29, 1.82) is 0 Å². The molecule has 0 saturated heterocycles. The maximum atomic E-state index is 12.2. The van der Waals surface area contributed by atoms with Crippen molar-refractivity contribution < 1.29 is 14.7 Å². The number of carboxylic acids is 1. The quantitative estimate of drug-likeness (QED) is 0.766. The highest BCUT2D eigenvalue weighted by molar-refractivity contribution is 6.11. The second-order valence-electron chi connectivity index (χ2n) is 4.04. The van der Waals surface area contributed by atoms with Gasteiger partial charge in [0.05, 0.1) is 5.56 Å². The highest BCUT2D eigenvalue weighted by Gasteiger charge is 2.16. The van der Waals surface area contributed by atoms with E-state index in [0.29, 0.717) is 5.56 Å². The lowest BCUT2D eigenvalue weighted by Crippen LogP contribution is -2.28. The smallest absolute Gasteiger partial charge is 0.350 e. The van der Waals surface area contributed by atoms with Crippen LogP contribution in [0.5, 0.6) is 0 Å². The van der Waals surface area contributed by atoms with Gasteiger partial charge in [0.25, 0.3) is 0 Å². The first kappa shape index (κ1) is 13.5. The van der Waals surface area contributed by atoms with Crippen molar-refractivity contribution in [2.75, 3.05) is 5.73 Å². The number of carbonyl (C=O) groups is 2. The highest BCUT2D eigenvalue weighted by Crippen LogP contribution is 2.12. The second-order valence-corrected chi connectivity index (χ2v) is 4.04. The molecule has 1 aromatic heterocycles. The lowest BCUT2D eigenvalue weighted by Gasteiger charge is -2.07. The van der Waals surface area contributed by atoms with E-state index in [-0.39, 0.29) is 11.4 Å². The maximum absolute atomic E-state index is 12.2. The van der Waals surface area contributed by atoms with Crippen molar-refractivity contribution in [2.24, 2.45) is 0 Å². The topological polar surface area (TPSA) is 115 Å². The molecule has 102 valence electrons. The van der Waals surface area contributed by atoms with Gasteiger partial charge in [-0.15, -0.1) is 0 Å². The molecule has 0 spiro atoms. The van der Waals surface area contributed by atoms with E-state index < -0.39 is 24.0 Å². The molecule has 0 bridgehead atoms. The van der Waals surface area contributed by atoms with Gasteiger partial charge in [0, 0.05) is 11.8 Å². The van der Waals surface area contributed by atoms with Gasteiger partial charge >= 0.3 is 11.7 Å². The van der Waals surface area contributed by atoms with Crippen molar-refractivity contribution in [3.05, 3.63) is 58.1 Å². The van der Waals surface area contributed by atoms with Crippen LogP contribution in [0.25, 0.3) is 0 Å². The third kappa shape index (κ3) is 2.72. The average Bonchev–Trinajstić information content (AvgIpc) is 2.41. The number of ketones is 1. The summed E-state index contributed by atoms with van der Waals surface area (Å²) < 4.78 is 0.828. The number of benzene rings is 1. The summed E-state index contributed by atoms with van der Waals surface area (Å²) in [6.45, 7) is -0.582. The molecule has 0 radical (unpaired) electrons. The fourth-order valence-corrected chi connectivity index (χ4v) is 1.68. The van der Waals surface area contributed by atoms with Gasteiger partial charge in [0.2, 0.25) is 0 Å². The van der Waals surface area contributed by atoms with Crippen molar-refractivity contribution in [3.8, 4) is 0 Å². The van der Waals surface area contributed by atoms with Crippen molar-refractivity contribution in [2.45, 2.75) is 6.54 Å². The molecule has 0 aliphatic carbocycles. The number of carboxylic acid groups (broad SMARTS) is 1. The van der Waals surface area contributed by atoms with Gasteiger partial charge in [-0.2, -0.15) is 4.98 Å². The molecular weight excluding hydrogens is 262 g/mol. The van der Waals surface area contributed by atoms with Crippen LogP contribution in [0.4, 0.5) is 5.82 Å². The Hall–Kier alpha value is -2.96. The Morgan fingerprint density at radius 2 is 1.90 bits per heavy atom. The SMILES string of the molecule is Nc1nc(=O)n(CC(=O)O)cc1C(=O)c1ccccc1. The molecule has 0 saturated carbocycles. The minimum atomic E-state index is -1.21. The Bertz CT molecular complexity index is 722. The molecule has 7 heteroatoms. The molecule has 2 rings (SSSR count). The third-order valence-electron chi connectivity index (χ3n) is 2.61. The maximum Gasteiger partial charge on any atom is 0.350 e. The van der Waals surface area contributed by atoms with Crippen LogP contribution in [-0.2, 0) is 11.3 Å². The third-order valence-corrected chi connectivity index (χ3v) is 2.61. The lowest BCUT2D eigenvalue weighted by molar-refractivity contribution is -0.137. The number of nitrogens with zero attached hydrogens (tertiary/aromatic N) is 2. The Morgan fingerprint density at radius 1 is 1.25 bits per heavy atom. The minimum Gasteiger partial charge on any atom is -0.480 e. The van der Waals surface area contributed by atoms with Gasteiger partial charge in [0.15, 0.2) is 5.78 Å². The van der Waals surface area contributed by atoms with Gasteiger partial charge in [-0.05, 0) is 0 Å². The Morgan fingerprint density at radius 3 is 2.50 bits per heavy atom. The Kier molecular flexibility index (Phi) is 3.60. The number of aromatic nitrogens is 2. The van der Waals surface area contributed by atoms with E-state index in [9.17, 15) is 14.4 Å². The fraction of sp³-hybridized carbons (Fsp3) is 0.0769. The second kappa shape index (κ2) is 5.35. The van der Waals surface area contributed by atoms with E-state index >= 15 is 0 Å². The van der Waals surface area contributed by atoms with Crippen LogP contribution < -0.4 is 11.4 Å². The standard InChI is InChI=1S/C13H11N3O4/c14-12-9(11(19)8-4-2-1-3-5-8)6-16(7-10(17)18)13(20)15-12/h1-6H,7H2,(H,17,18)(H2,14,15,20). The van der Waals surface area contributed by atoms with Gasteiger partial charge in [-0.25, -0.2) is 4.79 Å². The predicted octanol–water partition coefficient (Wildman–Crippen LogP) is 0.141. The molecule has 0 unspecified atom stereocenters. The van der Waals surface area contributed by atoms with E-state index in [2.05, 4.69) is 4.98 Å². The molecular formula is C13H11N3O4. The van der Waals surface area contributed by atoms with Gasteiger partial charge in [-0.3, -0.25) is 14.2 Å². The summed E-state index contributed by atoms with van der Waals surface area (Å²) in [6.07, 6.45) is 1.12. The molecule has 1 heterocycles. The van der Waals surface area contributed by atoms with Gasteiger partial charge < -0.3 is 10.8 Å². The summed E-state index contributed by atoms with van der Waals surface area (Å²) in [5.74, 6) is -1.85. The molecule has 0 aliphatic heterocycles. The van der Waals surface area contributed by atoms with Crippen LogP contribution in [0.3, 0.4) is 0 Å². The summed E-state index contributed by atoms with van der Waals surface area (Å²) in [5.41, 5.74) is 5.13. The van der Waals surface area contributed by atoms with Crippen LogP contribution >= 0.6 is 0 Å². The number of nitrogen functional groups attached to an aromatic ring is 1. The molecule has 0 aliphatic rings. The van der Waals surface area contributed by atoms with E-state index in [1.165, 1.54) is 0 Å².